The largest absolute Gasteiger partial charge is 0.342 e. The second-order valence-corrected chi connectivity index (χ2v) is 8.66. The van der Waals surface area contributed by atoms with E-state index in [1.165, 1.54) is 34.5 Å². The Hall–Kier alpha value is -2.43. The molecule has 0 saturated carbocycles. The number of fused-ring (bicyclic) bond motifs is 1. The zero-order valence-electron chi connectivity index (χ0n) is 18.3. The number of benzene rings is 1. The minimum Gasteiger partial charge on any atom is -0.342 e. The van der Waals surface area contributed by atoms with Crippen LogP contribution in [-0.4, -0.2) is 33.7 Å². The predicted octanol–water partition coefficient (Wildman–Crippen LogP) is 5.42. The van der Waals surface area contributed by atoms with Crippen LogP contribution >= 0.6 is 0 Å². The zero-order valence-corrected chi connectivity index (χ0v) is 18.3. The van der Waals surface area contributed by atoms with E-state index in [1.54, 1.807) is 12.1 Å². The van der Waals surface area contributed by atoms with E-state index in [4.69, 9.17) is 0 Å². The Bertz CT molecular complexity index is 944. The smallest absolute Gasteiger partial charge is 0.229 e. The zero-order chi connectivity index (χ0) is 21.3. The van der Waals surface area contributed by atoms with Crippen molar-refractivity contribution in [3.63, 3.8) is 0 Å². The second-order valence-electron chi connectivity index (χ2n) is 8.66. The minimum atomic E-state index is -0.241. The summed E-state index contributed by atoms with van der Waals surface area (Å²) in [7, 11) is 0. The van der Waals surface area contributed by atoms with Crippen LogP contribution < -0.4 is 0 Å². The Morgan fingerprint density at radius 2 is 1.97 bits per heavy atom. The maximum absolute atomic E-state index is 13.4. The molecular weight excluding hydrogens is 377 g/mol. The number of halogens is 1. The number of nitrogens with zero attached hydrogens (tertiary/aromatic N) is 3. The van der Waals surface area contributed by atoms with Crippen molar-refractivity contribution in [2.75, 3.05) is 13.1 Å². The molecule has 2 aliphatic rings. The minimum absolute atomic E-state index is 0.0146. The van der Waals surface area contributed by atoms with E-state index in [0.717, 1.165) is 57.3 Å². The monoisotopic (exact) mass is 409 g/mol. The molecule has 0 unspecified atom stereocenters. The summed E-state index contributed by atoms with van der Waals surface area (Å²) in [4.78, 5) is 15.5. The maximum Gasteiger partial charge on any atom is 0.229 e. The molecule has 1 heterocycles. The molecule has 5 heteroatoms. The van der Waals surface area contributed by atoms with Crippen molar-refractivity contribution >= 4 is 5.91 Å². The fourth-order valence-corrected chi connectivity index (χ4v) is 5.19. The highest BCUT2D eigenvalue weighted by Crippen LogP contribution is 2.47. The molecule has 0 N–H and O–H groups in total. The second kappa shape index (κ2) is 8.75. The molecule has 1 amide bonds. The lowest BCUT2D eigenvalue weighted by molar-refractivity contribution is -0.134. The summed E-state index contributed by atoms with van der Waals surface area (Å²) in [5.41, 5.74) is 6.01. The number of carbonyl (C=O) groups excluding carboxylic acids is 1. The Morgan fingerprint density at radius 1 is 1.20 bits per heavy atom. The molecular formula is C25H32FN3O. The lowest BCUT2D eigenvalue weighted by Crippen LogP contribution is -2.38. The summed E-state index contributed by atoms with van der Waals surface area (Å²) in [6.07, 6.45) is 7.85. The van der Waals surface area contributed by atoms with E-state index < -0.39 is 0 Å². The fourth-order valence-electron chi connectivity index (χ4n) is 5.19. The predicted molar refractivity (Wildman–Crippen MR) is 117 cm³/mol. The van der Waals surface area contributed by atoms with Gasteiger partial charge >= 0.3 is 0 Å². The number of aromatic nitrogens is 2. The quantitative estimate of drug-likeness (QED) is 0.573. The number of carbonyl (C=O) groups is 1. The Balaban J connectivity index is 1.61. The molecule has 160 valence electrons. The van der Waals surface area contributed by atoms with Crippen molar-refractivity contribution in [3.8, 4) is 5.69 Å². The van der Waals surface area contributed by atoms with Crippen LogP contribution in [-0.2, 0) is 11.2 Å². The van der Waals surface area contributed by atoms with Gasteiger partial charge in [0.15, 0.2) is 0 Å². The molecule has 4 nitrogen and oxygen atoms in total. The summed E-state index contributed by atoms with van der Waals surface area (Å²) < 4.78 is 15.3. The third kappa shape index (κ3) is 3.70. The summed E-state index contributed by atoms with van der Waals surface area (Å²) >= 11 is 0. The number of allylic oxidation sites excluding steroid dienone is 1. The number of hydrogen-bond donors (Lipinski definition) is 0. The molecule has 0 spiro atoms. The highest BCUT2D eigenvalue weighted by molar-refractivity contribution is 5.83. The molecule has 0 saturated heterocycles. The highest BCUT2D eigenvalue weighted by Gasteiger charge is 2.40. The first-order chi connectivity index (χ1) is 14.5. The third-order valence-electron chi connectivity index (χ3n) is 6.69. The molecule has 30 heavy (non-hydrogen) atoms. The van der Waals surface area contributed by atoms with Gasteiger partial charge in [0.25, 0.3) is 0 Å². The van der Waals surface area contributed by atoms with E-state index in [2.05, 4.69) is 30.8 Å². The maximum atomic E-state index is 13.4. The molecule has 0 fully saturated rings. The molecule has 0 radical (unpaired) electrons. The van der Waals surface area contributed by atoms with Crippen LogP contribution in [0.25, 0.3) is 5.69 Å². The van der Waals surface area contributed by atoms with Gasteiger partial charge in [0.1, 0.15) is 5.82 Å². The van der Waals surface area contributed by atoms with Crippen LogP contribution in [0.3, 0.4) is 0 Å². The van der Waals surface area contributed by atoms with Crippen molar-refractivity contribution in [1.29, 1.82) is 0 Å². The topological polar surface area (TPSA) is 38.1 Å². The fraction of sp³-hybridized carbons (Fsp3) is 0.520. The van der Waals surface area contributed by atoms with Gasteiger partial charge in [0.05, 0.1) is 23.5 Å². The molecule has 1 aromatic carbocycles. The number of rotatable bonds is 7. The lowest BCUT2D eigenvalue weighted by Gasteiger charge is -2.30. The van der Waals surface area contributed by atoms with E-state index in [0.29, 0.717) is 5.91 Å². The summed E-state index contributed by atoms with van der Waals surface area (Å²) in [5, 5.41) is 4.62. The van der Waals surface area contributed by atoms with Crippen molar-refractivity contribution in [3.05, 3.63) is 58.7 Å². The van der Waals surface area contributed by atoms with Gasteiger partial charge in [0.2, 0.25) is 5.91 Å². The van der Waals surface area contributed by atoms with Crippen molar-refractivity contribution in [2.45, 2.75) is 65.2 Å². The van der Waals surface area contributed by atoms with E-state index in [9.17, 15) is 9.18 Å². The third-order valence-corrected chi connectivity index (χ3v) is 6.69. The molecule has 0 aliphatic heterocycles. The van der Waals surface area contributed by atoms with E-state index >= 15 is 0 Å². The molecule has 1 aromatic heterocycles. The van der Waals surface area contributed by atoms with E-state index in [1.807, 2.05) is 10.9 Å². The van der Waals surface area contributed by atoms with Gasteiger partial charge < -0.3 is 4.90 Å². The summed E-state index contributed by atoms with van der Waals surface area (Å²) in [5.74, 6) is 0.288. The Labute approximate surface area is 178 Å². The van der Waals surface area contributed by atoms with Gasteiger partial charge in [-0.05, 0) is 49.9 Å². The normalized spacial score (nSPS) is 20.3. The van der Waals surface area contributed by atoms with Crippen LogP contribution in [0.4, 0.5) is 4.39 Å². The average Bonchev–Trinajstić information content (AvgIpc) is 3.36. The Morgan fingerprint density at radius 3 is 2.67 bits per heavy atom. The average molecular weight is 410 g/mol. The Kier molecular flexibility index (Phi) is 6.07. The van der Waals surface area contributed by atoms with Crippen LogP contribution in [0.15, 0.2) is 41.6 Å². The number of unbranched alkanes of at least 4 members (excludes halogenated alkanes) is 1. The van der Waals surface area contributed by atoms with Gasteiger partial charge in [-0.25, -0.2) is 9.07 Å². The first-order valence-electron chi connectivity index (χ1n) is 11.4. The molecule has 2 aliphatic carbocycles. The van der Waals surface area contributed by atoms with E-state index in [-0.39, 0.29) is 17.7 Å². The van der Waals surface area contributed by atoms with Crippen LogP contribution in [0.5, 0.6) is 0 Å². The summed E-state index contributed by atoms with van der Waals surface area (Å²) in [6, 6.07) is 6.50. The van der Waals surface area contributed by atoms with Crippen LogP contribution in [0.2, 0.25) is 0 Å². The van der Waals surface area contributed by atoms with Crippen LogP contribution in [0, 0.1) is 11.7 Å². The van der Waals surface area contributed by atoms with Gasteiger partial charge in [-0.3, -0.25) is 4.79 Å². The first kappa shape index (κ1) is 20.8. The molecule has 2 aromatic rings. The van der Waals surface area contributed by atoms with Crippen LogP contribution in [0.1, 0.15) is 70.1 Å². The highest BCUT2D eigenvalue weighted by atomic mass is 19.1. The SMILES string of the molecule is CCCCN(CCC)C(=O)[C@@H]1CCC2=C1[C@@H](C)c1cnn(-c3ccc(F)cc3)c1C2. The van der Waals surface area contributed by atoms with Gasteiger partial charge in [-0.1, -0.05) is 38.3 Å². The first-order valence-corrected chi connectivity index (χ1v) is 11.4. The van der Waals surface area contributed by atoms with Gasteiger partial charge in [-0.2, -0.15) is 5.10 Å². The standard InChI is InChI=1S/C25H32FN3O/c1-4-6-14-28(13-5-2)25(30)21-12-7-18-15-23-22(17(3)24(18)21)16-27-29(23)20-10-8-19(26)9-11-20/h8-11,16-17,21H,4-7,12-15H2,1-3H3/t17-,21+/m0/s1. The van der Waals surface area contributed by atoms with Gasteiger partial charge in [0, 0.05) is 31.0 Å². The molecule has 4 rings (SSSR count). The van der Waals surface area contributed by atoms with Crippen molar-refractivity contribution < 1.29 is 9.18 Å². The van der Waals surface area contributed by atoms with Crippen molar-refractivity contribution in [1.82, 2.24) is 14.7 Å². The van der Waals surface area contributed by atoms with Crippen molar-refractivity contribution in [2.24, 2.45) is 5.92 Å². The molecule has 2 atom stereocenters. The molecule has 0 bridgehead atoms. The number of amides is 1. The summed E-state index contributed by atoms with van der Waals surface area (Å²) in [6.45, 7) is 8.25. The number of hydrogen-bond acceptors (Lipinski definition) is 2. The lowest BCUT2D eigenvalue weighted by atomic mass is 9.79. The van der Waals surface area contributed by atoms with Gasteiger partial charge in [-0.15, -0.1) is 0 Å².